The van der Waals surface area contributed by atoms with E-state index in [2.05, 4.69) is 15.2 Å². The average molecular weight is 595 g/mol. The molecule has 2 aromatic carbocycles. The molecule has 0 spiro atoms. The van der Waals surface area contributed by atoms with Gasteiger partial charge in [-0.2, -0.15) is 0 Å². The summed E-state index contributed by atoms with van der Waals surface area (Å²) in [6.07, 6.45) is 5.45. The number of unbranched alkanes of at least 4 members (excludes halogenated alkanes) is 1. The first kappa shape index (κ1) is 31.1. The zero-order valence-corrected chi connectivity index (χ0v) is 25.2. The van der Waals surface area contributed by atoms with Gasteiger partial charge in [-0.3, -0.25) is 0 Å². The second-order valence-corrected chi connectivity index (χ2v) is 11.8. The maximum Gasteiger partial charge on any atom is 0.407 e. The molecule has 1 aliphatic rings. The van der Waals surface area contributed by atoms with Gasteiger partial charge in [0.15, 0.2) is 0 Å². The Morgan fingerprint density at radius 2 is 1.86 bits per heavy atom. The van der Waals surface area contributed by atoms with Crippen molar-refractivity contribution >= 4 is 29.6 Å². The number of nitrogens with one attached hydrogen (secondary N) is 1. The number of alkyl carbamates (subject to hydrolysis) is 1. The number of aromatic nitrogens is 2. The van der Waals surface area contributed by atoms with E-state index in [1.54, 1.807) is 0 Å². The Bertz CT molecular complexity index is 1360. The van der Waals surface area contributed by atoms with Gasteiger partial charge in [-0.05, 0) is 88.6 Å². The Morgan fingerprint density at radius 1 is 1.10 bits per heavy atom. The number of hydrogen-bond acceptors (Lipinski definition) is 7. The van der Waals surface area contributed by atoms with Gasteiger partial charge in [0.05, 0.1) is 23.9 Å². The molecular formula is C32H39ClN4O5. The van der Waals surface area contributed by atoms with E-state index in [0.29, 0.717) is 42.7 Å². The number of carbonyl (C=O) groups excluding carboxylic acids is 1. The van der Waals surface area contributed by atoms with Gasteiger partial charge in [0.1, 0.15) is 11.4 Å². The number of aromatic carboxylic acids is 1. The molecule has 1 saturated heterocycles. The second-order valence-electron chi connectivity index (χ2n) is 11.3. The fourth-order valence-corrected chi connectivity index (χ4v) is 5.10. The summed E-state index contributed by atoms with van der Waals surface area (Å²) < 4.78 is 11.3. The number of para-hydroxylation sites is 1. The predicted molar refractivity (Wildman–Crippen MR) is 163 cm³/mol. The molecule has 4 rings (SSSR count). The van der Waals surface area contributed by atoms with Crippen LogP contribution in [0.1, 0.15) is 79.7 Å². The number of ether oxygens (including phenoxy) is 2. The van der Waals surface area contributed by atoms with E-state index >= 15 is 0 Å². The molecule has 0 unspecified atom stereocenters. The van der Waals surface area contributed by atoms with E-state index in [1.165, 1.54) is 6.20 Å². The minimum Gasteiger partial charge on any atom is -0.493 e. The summed E-state index contributed by atoms with van der Waals surface area (Å²) in [5.74, 6) is 0.250. The van der Waals surface area contributed by atoms with Gasteiger partial charge < -0.3 is 24.8 Å². The quantitative estimate of drug-likeness (QED) is 0.224. The molecule has 1 atom stereocenters. The molecule has 1 aromatic heterocycles. The van der Waals surface area contributed by atoms with Crippen LogP contribution >= 0.6 is 11.6 Å². The van der Waals surface area contributed by atoms with Crippen molar-refractivity contribution in [2.24, 2.45) is 0 Å². The van der Waals surface area contributed by atoms with Crippen LogP contribution in [-0.4, -0.2) is 52.4 Å². The lowest BCUT2D eigenvalue weighted by Crippen LogP contribution is -2.33. The van der Waals surface area contributed by atoms with Crippen LogP contribution in [0.3, 0.4) is 0 Å². The standard InChI is InChI=1S/C32H39ClN4O5/c1-32(2,3)42-31(40)34-18-6-7-20-41-28-11-5-4-9-23(28)14-17-26-25(29(38)39)21-35-30(36-26)37-19-8-10-27(37)22-12-15-24(33)16-13-22/h4-5,9,11-13,15-16,21,27H,6-8,10,14,17-20H2,1-3H3,(H,34,40)(H,38,39)/t27-/m0/s1. The lowest BCUT2D eigenvalue weighted by atomic mass is 10.0. The van der Waals surface area contributed by atoms with E-state index in [-0.39, 0.29) is 11.6 Å². The number of benzene rings is 2. The first-order chi connectivity index (χ1) is 20.1. The van der Waals surface area contributed by atoms with E-state index < -0.39 is 17.7 Å². The van der Waals surface area contributed by atoms with Gasteiger partial charge in [-0.25, -0.2) is 19.6 Å². The summed E-state index contributed by atoms with van der Waals surface area (Å²) in [6.45, 7) is 7.28. The number of rotatable bonds is 12. The first-order valence-electron chi connectivity index (χ1n) is 14.4. The first-order valence-corrected chi connectivity index (χ1v) is 14.8. The fourth-order valence-electron chi connectivity index (χ4n) is 4.97. The van der Waals surface area contributed by atoms with Crippen molar-refractivity contribution in [3.05, 3.63) is 82.1 Å². The van der Waals surface area contributed by atoms with Crippen molar-refractivity contribution in [3.8, 4) is 5.75 Å². The molecule has 0 saturated carbocycles. The highest BCUT2D eigenvalue weighted by molar-refractivity contribution is 6.30. The Morgan fingerprint density at radius 3 is 2.60 bits per heavy atom. The number of carboxylic acids is 1. The topological polar surface area (TPSA) is 114 Å². The summed E-state index contributed by atoms with van der Waals surface area (Å²) >= 11 is 6.09. The van der Waals surface area contributed by atoms with E-state index in [4.69, 9.17) is 26.1 Å². The number of halogens is 1. The molecule has 1 fully saturated rings. The third-order valence-corrected chi connectivity index (χ3v) is 7.20. The molecule has 2 heterocycles. The molecule has 3 aromatic rings. The molecular weight excluding hydrogens is 556 g/mol. The molecule has 0 radical (unpaired) electrons. The smallest absolute Gasteiger partial charge is 0.407 e. The molecule has 2 N–H and O–H groups in total. The van der Waals surface area contributed by atoms with Gasteiger partial charge >= 0.3 is 12.1 Å². The molecule has 224 valence electrons. The van der Waals surface area contributed by atoms with Gasteiger partial charge in [0, 0.05) is 24.3 Å². The van der Waals surface area contributed by atoms with Gasteiger partial charge in [-0.15, -0.1) is 0 Å². The van der Waals surface area contributed by atoms with Crippen molar-refractivity contribution < 1.29 is 24.2 Å². The molecule has 0 bridgehead atoms. The summed E-state index contributed by atoms with van der Waals surface area (Å²) in [5.41, 5.74) is 2.19. The Hall–Kier alpha value is -3.85. The van der Waals surface area contributed by atoms with E-state index in [0.717, 1.165) is 49.1 Å². The maximum atomic E-state index is 12.0. The van der Waals surface area contributed by atoms with Crippen LogP contribution in [0.15, 0.2) is 54.7 Å². The van der Waals surface area contributed by atoms with Crippen molar-refractivity contribution in [2.75, 3.05) is 24.6 Å². The predicted octanol–water partition coefficient (Wildman–Crippen LogP) is 6.64. The summed E-state index contributed by atoms with van der Waals surface area (Å²) in [6, 6.07) is 15.7. The molecule has 1 amide bonds. The highest BCUT2D eigenvalue weighted by atomic mass is 35.5. The van der Waals surface area contributed by atoms with Crippen molar-refractivity contribution in [1.29, 1.82) is 0 Å². The van der Waals surface area contributed by atoms with E-state index in [1.807, 2.05) is 69.3 Å². The minimum atomic E-state index is -1.04. The lowest BCUT2D eigenvalue weighted by molar-refractivity contribution is 0.0525. The number of carbonyl (C=O) groups is 2. The van der Waals surface area contributed by atoms with Gasteiger partial charge in [0.25, 0.3) is 0 Å². The number of hydrogen-bond donors (Lipinski definition) is 2. The number of anilines is 1. The number of nitrogens with zero attached hydrogens (tertiary/aromatic N) is 3. The summed E-state index contributed by atoms with van der Waals surface area (Å²) in [4.78, 5) is 35.2. The SMILES string of the molecule is CC(C)(C)OC(=O)NCCCCOc1ccccc1CCc1nc(N2CCC[C@H]2c2ccc(Cl)cc2)ncc1C(=O)O. The second kappa shape index (κ2) is 14.4. The molecule has 9 nitrogen and oxygen atoms in total. The summed E-state index contributed by atoms with van der Waals surface area (Å²) in [5, 5.41) is 13.3. The Balaban J connectivity index is 1.37. The van der Waals surface area contributed by atoms with Crippen LogP contribution in [0, 0.1) is 0 Å². The fraction of sp³-hybridized carbons (Fsp3) is 0.438. The minimum absolute atomic E-state index is 0.108. The van der Waals surface area contributed by atoms with Crippen LogP contribution in [0.25, 0.3) is 0 Å². The van der Waals surface area contributed by atoms with Crippen LogP contribution in [-0.2, 0) is 17.6 Å². The number of amides is 1. The van der Waals surface area contributed by atoms with Crippen LogP contribution in [0.5, 0.6) is 5.75 Å². The maximum absolute atomic E-state index is 12.0. The lowest BCUT2D eigenvalue weighted by Gasteiger charge is -2.25. The van der Waals surface area contributed by atoms with Crippen LogP contribution < -0.4 is 15.0 Å². The molecule has 10 heteroatoms. The van der Waals surface area contributed by atoms with Gasteiger partial charge in [-0.1, -0.05) is 41.9 Å². The Labute approximate surface area is 252 Å². The van der Waals surface area contributed by atoms with Crippen LogP contribution in [0.4, 0.5) is 10.7 Å². The zero-order chi connectivity index (χ0) is 30.1. The highest BCUT2D eigenvalue weighted by Gasteiger charge is 2.29. The largest absolute Gasteiger partial charge is 0.493 e. The van der Waals surface area contributed by atoms with E-state index in [9.17, 15) is 14.7 Å². The van der Waals surface area contributed by atoms with Crippen molar-refractivity contribution in [1.82, 2.24) is 15.3 Å². The zero-order valence-electron chi connectivity index (χ0n) is 24.4. The normalized spacial score (nSPS) is 15.0. The Kier molecular flexibility index (Phi) is 10.6. The van der Waals surface area contributed by atoms with Crippen LogP contribution in [0.2, 0.25) is 5.02 Å². The van der Waals surface area contributed by atoms with Crippen molar-refractivity contribution in [3.63, 3.8) is 0 Å². The molecule has 1 aliphatic heterocycles. The monoisotopic (exact) mass is 594 g/mol. The highest BCUT2D eigenvalue weighted by Crippen LogP contribution is 2.35. The third kappa shape index (κ3) is 8.82. The number of aryl methyl sites for hydroxylation is 2. The van der Waals surface area contributed by atoms with Gasteiger partial charge in [0.2, 0.25) is 5.95 Å². The average Bonchev–Trinajstić information content (AvgIpc) is 3.43. The molecule has 42 heavy (non-hydrogen) atoms. The summed E-state index contributed by atoms with van der Waals surface area (Å²) in [7, 11) is 0. The molecule has 0 aliphatic carbocycles. The third-order valence-electron chi connectivity index (χ3n) is 6.95. The number of carboxylic acid groups (broad SMARTS) is 1. The van der Waals surface area contributed by atoms with Crippen molar-refractivity contribution in [2.45, 2.75) is 70.9 Å².